The Labute approximate surface area is 126 Å². The van der Waals surface area contributed by atoms with E-state index in [9.17, 15) is 0 Å². The SMILES string of the molecule is C(#Cc1ccnc2[nH]ccc12)c1ccccc1-c1cnco1. The van der Waals surface area contributed by atoms with E-state index in [-0.39, 0.29) is 0 Å². The van der Waals surface area contributed by atoms with E-state index in [1.807, 2.05) is 42.6 Å². The molecule has 0 spiro atoms. The van der Waals surface area contributed by atoms with Crippen molar-refractivity contribution in [1.29, 1.82) is 0 Å². The Bertz CT molecular complexity index is 988. The lowest BCUT2D eigenvalue weighted by Gasteiger charge is -1.99. The largest absolute Gasteiger partial charge is 0.443 e. The van der Waals surface area contributed by atoms with Gasteiger partial charge in [0.15, 0.2) is 12.2 Å². The molecule has 4 rings (SSSR count). The molecule has 22 heavy (non-hydrogen) atoms. The van der Waals surface area contributed by atoms with Gasteiger partial charge in [0.25, 0.3) is 0 Å². The Hall–Kier alpha value is -3.32. The standard InChI is InChI=1S/C18H11N3O/c1-2-4-15(17-11-19-12-22-17)13(3-1)5-6-14-7-9-20-18-16(14)8-10-21-18/h1-4,7-12H,(H,20,21). The third kappa shape index (κ3) is 2.15. The summed E-state index contributed by atoms with van der Waals surface area (Å²) in [6.07, 6.45) is 6.74. The number of hydrogen-bond acceptors (Lipinski definition) is 3. The zero-order valence-electron chi connectivity index (χ0n) is 11.6. The van der Waals surface area contributed by atoms with Gasteiger partial charge in [-0.15, -0.1) is 0 Å². The van der Waals surface area contributed by atoms with Crippen LogP contribution in [0.3, 0.4) is 0 Å². The number of pyridine rings is 1. The van der Waals surface area contributed by atoms with E-state index in [0.29, 0.717) is 5.76 Å². The van der Waals surface area contributed by atoms with E-state index in [0.717, 1.165) is 27.7 Å². The summed E-state index contributed by atoms with van der Waals surface area (Å²) >= 11 is 0. The maximum Gasteiger partial charge on any atom is 0.181 e. The van der Waals surface area contributed by atoms with E-state index in [1.165, 1.54) is 6.39 Å². The predicted octanol–water partition coefficient (Wildman–Crippen LogP) is 3.62. The molecule has 0 saturated heterocycles. The molecule has 0 unspecified atom stereocenters. The smallest absolute Gasteiger partial charge is 0.181 e. The Kier molecular flexibility index (Phi) is 2.95. The number of aromatic amines is 1. The Morgan fingerprint density at radius 3 is 2.82 bits per heavy atom. The van der Waals surface area contributed by atoms with Gasteiger partial charge in [-0.05, 0) is 24.3 Å². The highest BCUT2D eigenvalue weighted by Gasteiger charge is 2.05. The zero-order valence-corrected chi connectivity index (χ0v) is 11.6. The van der Waals surface area contributed by atoms with E-state index in [1.54, 1.807) is 12.4 Å². The molecule has 4 heteroatoms. The van der Waals surface area contributed by atoms with Crippen LogP contribution in [-0.4, -0.2) is 15.0 Å². The predicted molar refractivity (Wildman–Crippen MR) is 84.0 cm³/mol. The third-order valence-electron chi connectivity index (χ3n) is 3.42. The third-order valence-corrected chi connectivity index (χ3v) is 3.42. The number of hydrogen-bond donors (Lipinski definition) is 1. The van der Waals surface area contributed by atoms with E-state index < -0.39 is 0 Å². The summed E-state index contributed by atoms with van der Waals surface area (Å²) in [6.45, 7) is 0. The second-order valence-electron chi connectivity index (χ2n) is 4.76. The first-order valence-electron chi connectivity index (χ1n) is 6.84. The zero-order chi connectivity index (χ0) is 14.8. The van der Waals surface area contributed by atoms with E-state index >= 15 is 0 Å². The molecule has 0 fully saturated rings. The molecule has 0 atom stereocenters. The molecule has 0 aliphatic carbocycles. The van der Waals surface area contributed by atoms with Gasteiger partial charge in [0.2, 0.25) is 0 Å². The highest BCUT2D eigenvalue weighted by atomic mass is 16.3. The van der Waals surface area contributed by atoms with Crippen LogP contribution in [0.1, 0.15) is 11.1 Å². The number of aromatic nitrogens is 3. The first kappa shape index (κ1) is 12.4. The molecule has 0 bridgehead atoms. The minimum atomic E-state index is 0.714. The molecule has 3 heterocycles. The monoisotopic (exact) mass is 285 g/mol. The summed E-state index contributed by atoms with van der Waals surface area (Å²) in [7, 11) is 0. The summed E-state index contributed by atoms with van der Waals surface area (Å²) in [5.74, 6) is 7.15. The number of H-pyrrole nitrogens is 1. The van der Waals surface area contributed by atoms with Crippen LogP contribution >= 0.6 is 0 Å². The highest BCUT2D eigenvalue weighted by Crippen LogP contribution is 2.22. The number of fused-ring (bicyclic) bond motifs is 1. The summed E-state index contributed by atoms with van der Waals surface area (Å²) in [5, 5.41) is 1.02. The van der Waals surface area contributed by atoms with Gasteiger partial charge in [-0.25, -0.2) is 9.97 Å². The molecule has 4 aromatic rings. The fourth-order valence-corrected chi connectivity index (χ4v) is 2.36. The number of benzene rings is 1. The van der Waals surface area contributed by atoms with Crippen LogP contribution in [0.15, 0.2) is 65.8 Å². The van der Waals surface area contributed by atoms with Crippen LogP contribution in [0, 0.1) is 11.8 Å². The first-order valence-corrected chi connectivity index (χ1v) is 6.84. The Balaban J connectivity index is 1.81. The van der Waals surface area contributed by atoms with Crippen molar-refractivity contribution >= 4 is 11.0 Å². The van der Waals surface area contributed by atoms with Crippen molar-refractivity contribution in [3.05, 3.63) is 72.5 Å². The molecule has 4 nitrogen and oxygen atoms in total. The maximum atomic E-state index is 5.38. The van der Waals surface area contributed by atoms with Crippen LogP contribution in [0.2, 0.25) is 0 Å². The molecular formula is C18H11N3O. The first-order chi connectivity index (χ1) is 10.9. The minimum Gasteiger partial charge on any atom is -0.443 e. The normalized spacial score (nSPS) is 10.4. The van der Waals surface area contributed by atoms with E-state index in [2.05, 4.69) is 26.8 Å². The molecule has 0 aliphatic heterocycles. The van der Waals surface area contributed by atoms with Crippen molar-refractivity contribution in [2.75, 3.05) is 0 Å². The number of nitrogens with zero attached hydrogens (tertiary/aromatic N) is 2. The molecule has 0 aliphatic rings. The van der Waals surface area contributed by atoms with Gasteiger partial charge in [0, 0.05) is 34.5 Å². The van der Waals surface area contributed by atoms with Crippen molar-refractivity contribution in [3.63, 3.8) is 0 Å². The van der Waals surface area contributed by atoms with Crippen molar-refractivity contribution < 1.29 is 4.42 Å². The van der Waals surface area contributed by atoms with Crippen LogP contribution in [0.25, 0.3) is 22.4 Å². The lowest BCUT2D eigenvalue weighted by Crippen LogP contribution is -1.83. The molecular weight excluding hydrogens is 274 g/mol. The average Bonchev–Trinajstić information content (AvgIpc) is 3.24. The molecule has 0 amide bonds. The van der Waals surface area contributed by atoms with Gasteiger partial charge in [-0.1, -0.05) is 24.0 Å². The Morgan fingerprint density at radius 2 is 1.91 bits per heavy atom. The Morgan fingerprint density at radius 1 is 1.00 bits per heavy atom. The van der Waals surface area contributed by atoms with Crippen molar-refractivity contribution in [2.45, 2.75) is 0 Å². The summed E-state index contributed by atoms with van der Waals surface area (Å²) in [4.78, 5) is 11.3. The fourth-order valence-electron chi connectivity index (χ4n) is 2.36. The van der Waals surface area contributed by atoms with Crippen LogP contribution in [0.4, 0.5) is 0 Å². The number of oxazole rings is 1. The van der Waals surface area contributed by atoms with E-state index in [4.69, 9.17) is 4.42 Å². The van der Waals surface area contributed by atoms with Crippen molar-refractivity contribution in [2.24, 2.45) is 0 Å². The average molecular weight is 285 g/mol. The van der Waals surface area contributed by atoms with Gasteiger partial charge in [0.05, 0.1) is 6.20 Å². The molecule has 0 saturated carbocycles. The lowest BCUT2D eigenvalue weighted by molar-refractivity contribution is 0.572. The van der Waals surface area contributed by atoms with Crippen LogP contribution in [0.5, 0.6) is 0 Å². The minimum absolute atomic E-state index is 0.714. The van der Waals surface area contributed by atoms with Gasteiger partial charge >= 0.3 is 0 Å². The molecule has 104 valence electrons. The topological polar surface area (TPSA) is 54.7 Å². The lowest BCUT2D eigenvalue weighted by atomic mass is 10.1. The van der Waals surface area contributed by atoms with Crippen LogP contribution < -0.4 is 0 Å². The van der Waals surface area contributed by atoms with Gasteiger partial charge in [-0.2, -0.15) is 0 Å². The summed E-state index contributed by atoms with van der Waals surface area (Å²) in [5.41, 5.74) is 3.63. The molecule has 0 radical (unpaired) electrons. The maximum absolute atomic E-state index is 5.38. The second-order valence-corrected chi connectivity index (χ2v) is 4.76. The summed E-state index contributed by atoms with van der Waals surface area (Å²) in [6, 6.07) is 11.8. The van der Waals surface area contributed by atoms with Crippen molar-refractivity contribution in [3.8, 4) is 23.2 Å². The second kappa shape index (κ2) is 5.23. The molecule has 3 aromatic heterocycles. The quantitative estimate of drug-likeness (QED) is 0.543. The number of nitrogens with one attached hydrogen (secondary N) is 1. The number of rotatable bonds is 1. The van der Waals surface area contributed by atoms with Gasteiger partial charge in [-0.3, -0.25) is 0 Å². The summed E-state index contributed by atoms with van der Waals surface area (Å²) < 4.78 is 5.38. The van der Waals surface area contributed by atoms with Gasteiger partial charge in [0.1, 0.15) is 5.65 Å². The van der Waals surface area contributed by atoms with Crippen molar-refractivity contribution in [1.82, 2.24) is 15.0 Å². The molecule has 1 N–H and O–H groups in total. The fraction of sp³-hybridized carbons (Fsp3) is 0. The highest BCUT2D eigenvalue weighted by molar-refractivity contribution is 5.82. The van der Waals surface area contributed by atoms with Gasteiger partial charge < -0.3 is 9.40 Å². The van der Waals surface area contributed by atoms with Crippen LogP contribution in [-0.2, 0) is 0 Å². The molecule has 1 aromatic carbocycles.